The van der Waals surface area contributed by atoms with Gasteiger partial charge in [-0.15, -0.1) is 0 Å². The van der Waals surface area contributed by atoms with E-state index in [-0.39, 0.29) is 24.0 Å². The average Bonchev–Trinajstić information content (AvgIpc) is 2.25. The van der Waals surface area contributed by atoms with Crippen molar-refractivity contribution >= 4 is 11.9 Å². The van der Waals surface area contributed by atoms with Crippen LogP contribution >= 0.6 is 0 Å². The van der Waals surface area contributed by atoms with Crippen molar-refractivity contribution in [2.45, 2.75) is 53.6 Å². The molecule has 0 heterocycles. The van der Waals surface area contributed by atoms with Crippen LogP contribution in [0, 0.1) is 11.3 Å². The van der Waals surface area contributed by atoms with E-state index < -0.39 is 5.41 Å². The smallest absolute Gasteiger partial charge is 0.311 e. The van der Waals surface area contributed by atoms with Gasteiger partial charge in [-0.1, -0.05) is 13.8 Å². The molecule has 100 valence electrons. The van der Waals surface area contributed by atoms with Crippen LogP contribution in [-0.2, 0) is 19.1 Å². The van der Waals surface area contributed by atoms with Gasteiger partial charge in [0.05, 0.1) is 18.4 Å². The maximum Gasteiger partial charge on any atom is 0.311 e. The van der Waals surface area contributed by atoms with Gasteiger partial charge >= 0.3 is 11.9 Å². The molecule has 17 heavy (non-hydrogen) atoms. The molecule has 0 fully saturated rings. The molecule has 0 bridgehead atoms. The Bertz CT molecular complexity index is 265. The molecule has 0 radical (unpaired) electrons. The van der Waals surface area contributed by atoms with Crippen LogP contribution in [0.25, 0.3) is 0 Å². The van der Waals surface area contributed by atoms with Crippen LogP contribution in [0.1, 0.15) is 47.5 Å². The third-order valence-electron chi connectivity index (χ3n) is 2.56. The summed E-state index contributed by atoms with van der Waals surface area (Å²) in [7, 11) is 1.36. The summed E-state index contributed by atoms with van der Waals surface area (Å²) in [5, 5.41) is 0. The second-order valence-electron chi connectivity index (χ2n) is 5.35. The van der Waals surface area contributed by atoms with E-state index in [2.05, 4.69) is 4.74 Å². The molecule has 2 atom stereocenters. The van der Waals surface area contributed by atoms with E-state index in [9.17, 15) is 9.59 Å². The summed E-state index contributed by atoms with van der Waals surface area (Å²) in [6.07, 6.45) is 0.976. The normalized spacial score (nSPS) is 14.9. The molecule has 0 aliphatic carbocycles. The van der Waals surface area contributed by atoms with E-state index in [0.717, 1.165) is 0 Å². The number of carbonyl (C=O) groups excluding carboxylic acids is 2. The lowest BCUT2D eigenvalue weighted by molar-refractivity contribution is -0.161. The summed E-state index contributed by atoms with van der Waals surface area (Å²) in [6, 6.07) is 0. The fraction of sp³-hybridized carbons (Fsp3) is 0.846. The molecule has 0 rings (SSSR count). The van der Waals surface area contributed by atoms with Gasteiger partial charge < -0.3 is 9.47 Å². The SMILES string of the molecule is CCC(CC(C)C(=O)OC)OC(=O)C(C)(C)C. The minimum absolute atomic E-state index is 0.226. The van der Waals surface area contributed by atoms with Gasteiger partial charge in [0.2, 0.25) is 0 Å². The van der Waals surface area contributed by atoms with Crippen LogP contribution < -0.4 is 0 Å². The molecule has 0 saturated carbocycles. The van der Waals surface area contributed by atoms with E-state index >= 15 is 0 Å². The Morgan fingerprint density at radius 2 is 1.76 bits per heavy atom. The Kier molecular flexibility index (Phi) is 6.21. The van der Waals surface area contributed by atoms with Crippen LogP contribution in [0.15, 0.2) is 0 Å². The van der Waals surface area contributed by atoms with E-state index in [4.69, 9.17) is 4.74 Å². The molecule has 0 spiro atoms. The summed E-state index contributed by atoms with van der Waals surface area (Å²) in [4.78, 5) is 23.0. The number of ether oxygens (including phenoxy) is 2. The lowest BCUT2D eigenvalue weighted by atomic mass is 9.96. The van der Waals surface area contributed by atoms with Crippen molar-refractivity contribution in [3.8, 4) is 0 Å². The van der Waals surface area contributed by atoms with Crippen LogP contribution in [-0.4, -0.2) is 25.2 Å². The Hall–Kier alpha value is -1.06. The zero-order valence-corrected chi connectivity index (χ0v) is 11.7. The fourth-order valence-corrected chi connectivity index (χ4v) is 1.32. The van der Waals surface area contributed by atoms with E-state index in [1.165, 1.54) is 7.11 Å². The molecule has 0 aromatic heterocycles. The third kappa shape index (κ3) is 5.71. The highest BCUT2D eigenvalue weighted by Gasteiger charge is 2.27. The van der Waals surface area contributed by atoms with Gasteiger partial charge in [0.15, 0.2) is 0 Å². The summed E-state index contributed by atoms with van der Waals surface area (Å²) in [6.45, 7) is 9.15. The van der Waals surface area contributed by atoms with E-state index in [1.807, 2.05) is 27.7 Å². The van der Waals surface area contributed by atoms with Crippen molar-refractivity contribution in [3.63, 3.8) is 0 Å². The molecule has 4 nitrogen and oxygen atoms in total. The zero-order chi connectivity index (χ0) is 13.6. The molecular formula is C13H24O4. The topological polar surface area (TPSA) is 52.6 Å². The fourth-order valence-electron chi connectivity index (χ4n) is 1.32. The second-order valence-corrected chi connectivity index (χ2v) is 5.35. The third-order valence-corrected chi connectivity index (χ3v) is 2.56. The first kappa shape index (κ1) is 15.9. The van der Waals surface area contributed by atoms with Gasteiger partial charge in [0.1, 0.15) is 6.10 Å². The minimum Gasteiger partial charge on any atom is -0.469 e. The standard InChI is InChI=1S/C13H24O4/c1-7-10(8-9(2)11(14)16-6)17-12(15)13(3,4)5/h9-10H,7-8H2,1-6H3. The Balaban J connectivity index is 4.36. The van der Waals surface area contributed by atoms with Crippen molar-refractivity contribution in [1.29, 1.82) is 0 Å². The van der Waals surface area contributed by atoms with Gasteiger partial charge in [-0.05, 0) is 33.6 Å². The second kappa shape index (κ2) is 6.62. The minimum atomic E-state index is -0.512. The molecule has 0 amide bonds. The van der Waals surface area contributed by atoms with Crippen molar-refractivity contribution in [2.24, 2.45) is 11.3 Å². The van der Waals surface area contributed by atoms with Crippen LogP contribution in [0.5, 0.6) is 0 Å². The van der Waals surface area contributed by atoms with Gasteiger partial charge in [0, 0.05) is 0 Å². The van der Waals surface area contributed by atoms with Crippen LogP contribution in [0.4, 0.5) is 0 Å². The molecule has 0 aliphatic rings. The first-order chi connectivity index (χ1) is 7.72. The first-order valence-electron chi connectivity index (χ1n) is 6.01. The summed E-state index contributed by atoms with van der Waals surface area (Å²) in [5.74, 6) is -0.755. The number of hydrogen-bond acceptors (Lipinski definition) is 4. The van der Waals surface area contributed by atoms with Crippen LogP contribution in [0.2, 0.25) is 0 Å². The van der Waals surface area contributed by atoms with Gasteiger partial charge in [-0.2, -0.15) is 0 Å². The Labute approximate surface area is 104 Å². The molecule has 4 heteroatoms. The molecule has 2 unspecified atom stereocenters. The Morgan fingerprint density at radius 3 is 2.12 bits per heavy atom. The Morgan fingerprint density at radius 1 is 1.24 bits per heavy atom. The number of methoxy groups -OCH3 is 1. The maximum atomic E-state index is 11.7. The van der Waals surface area contributed by atoms with Gasteiger partial charge in [-0.3, -0.25) is 9.59 Å². The van der Waals surface area contributed by atoms with Crippen molar-refractivity contribution in [2.75, 3.05) is 7.11 Å². The van der Waals surface area contributed by atoms with E-state index in [0.29, 0.717) is 12.8 Å². The monoisotopic (exact) mass is 244 g/mol. The number of carbonyl (C=O) groups is 2. The van der Waals surface area contributed by atoms with Gasteiger partial charge in [-0.25, -0.2) is 0 Å². The van der Waals surface area contributed by atoms with Crippen LogP contribution in [0.3, 0.4) is 0 Å². The molecule has 0 aromatic carbocycles. The molecule has 0 aromatic rings. The highest BCUT2D eigenvalue weighted by molar-refractivity contribution is 5.75. The highest BCUT2D eigenvalue weighted by Crippen LogP contribution is 2.20. The van der Waals surface area contributed by atoms with Gasteiger partial charge in [0.25, 0.3) is 0 Å². The predicted molar refractivity (Wildman–Crippen MR) is 65.4 cm³/mol. The van der Waals surface area contributed by atoms with Crippen molar-refractivity contribution in [3.05, 3.63) is 0 Å². The molecule has 0 N–H and O–H groups in total. The average molecular weight is 244 g/mol. The molecular weight excluding hydrogens is 220 g/mol. The quantitative estimate of drug-likeness (QED) is 0.697. The number of rotatable bonds is 5. The predicted octanol–water partition coefficient (Wildman–Crippen LogP) is 2.55. The summed E-state index contributed by atoms with van der Waals surface area (Å²) >= 11 is 0. The number of esters is 2. The summed E-state index contributed by atoms with van der Waals surface area (Å²) in [5.41, 5.74) is -0.512. The lowest BCUT2D eigenvalue weighted by Gasteiger charge is -2.24. The summed E-state index contributed by atoms with van der Waals surface area (Å²) < 4.78 is 10.0. The van der Waals surface area contributed by atoms with E-state index in [1.54, 1.807) is 6.92 Å². The molecule has 0 saturated heterocycles. The lowest BCUT2D eigenvalue weighted by Crippen LogP contribution is -2.30. The largest absolute Gasteiger partial charge is 0.469 e. The maximum absolute atomic E-state index is 11.7. The first-order valence-corrected chi connectivity index (χ1v) is 6.01. The zero-order valence-electron chi connectivity index (χ0n) is 11.7. The van der Waals surface area contributed by atoms with Crippen molar-refractivity contribution < 1.29 is 19.1 Å². The highest BCUT2D eigenvalue weighted by atomic mass is 16.5. The van der Waals surface area contributed by atoms with Crippen molar-refractivity contribution in [1.82, 2.24) is 0 Å². The number of hydrogen-bond donors (Lipinski definition) is 0. The molecule has 0 aliphatic heterocycles.